The van der Waals surface area contributed by atoms with Crippen molar-refractivity contribution in [1.82, 2.24) is 0 Å². The van der Waals surface area contributed by atoms with Gasteiger partial charge >= 0.3 is 0 Å². The molecule has 1 aromatic rings. The summed E-state index contributed by atoms with van der Waals surface area (Å²) < 4.78 is 1.16. The molecule has 1 fully saturated rings. The Bertz CT molecular complexity index is 383. The van der Waals surface area contributed by atoms with Crippen LogP contribution in [0.3, 0.4) is 0 Å². The van der Waals surface area contributed by atoms with Gasteiger partial charge in [-0.05, 0) is 53.1 Å². The van der Waals surface area contributed by atoms with E-state index in [1.165, 1.54) is 0 Å². The van der Waals surface area contributed by atoms with E-state index in [-0.39, 0.29) is 6.10 Å². The first-order valence-corrected chi connectivity index (χ1v) is 6.64. The van der Waals surface area contributed by atoms with Gasteiger partial charge in [-0.2, -0.15) is 0 Å². The van der Waals surface area contributed by atoms with Gasteiger partial charge in [0.05, 0.1) is 17.5 Å². The van der Waals surface area contributed by atoms with E-state index in [0.717, 1.165) is 34.5 Å². The van der Waals surface area contributed by atoms with Gasteiger partial charge in [0.2, 0.25) is 0 Å². The third-order valence-electron chi connectivity index (χ3n) is 3.19. The molecule has 0 saturated carbocycles. The van der Waals surface area contributed by atoms with Crippen LogP contribution in [-0.2, 0) is 0 Å². The summed E-state index contributed by atoms with van der Waals surface area (Å²) in [5.41, 5.74) is 7.95. The number of hydrogen-bond acceptors (Lipinski definition) is 3. The number of aliphatic hydroxyl groups excluding tert-OH is 1. The molecule has 4 heteroatoms. The van der Waals surface area contributed by atoms with Crippen LogP contribution in [0.25, 0.3) is 0 Å². The average Bonchev–Trinajstić information content (AvgIpc) is 2.22. The number of benzene rings is 1. The topological polar surface area (TPSA) is 49.5 Å². The molecule has 0 bridgehead atoms. The summed E-state index contributed by atoms with van der Waals surface area (Å²) >= 11 is 2.26. The third kappa shape index (κ3) is 2.43. The third-order valence-corrected chi connectivity index (χ3v) is 3.86. The molecule has 1 aromatic carbocycles. The molecule has 0 aromatic heterocycles. The van der Waals surface area contributed by atoms with Gasteiger partial charge in [0.15, 0.2) is 0 Å². The highest BCUT2D eigenvalue weighted by atomic mass is 127. The number of nitrogens with zero attached hydrogens (tertiary/aromatic N) is 1. The first kappa shape index (κ1) is 12.0. The summed E-state index contributed by atoms with van der Waals surface area (Å²) in [7, 11) is 0. The van der Waals surface area contributed by atoms with Gasteiger partial charge in [0.25, 0.3) is 0 Å². The lowest BCUT2D eigenvalue weighted by Crippen LogP contribution is -2.42. The summed E-state index contributed by atoms with van der Waals surface area (Å²) in [6.45, 7) is 3.85. The lowest BCUT2D eigenvalue weighted by Gasteiger charge is -2.36. The zero-order valence-corrected chi connectivity index (χ0v) is 11.5. The van der Waals surface area contributed by atoms with Gasteiger partial charge in [-0.1, -0.05) is 6.92 Å². The van der Waals surface area contributed by atoms with E-state index < -0.39 is 0 Å². The number of halogens is 1. The fraction of sp³-hybridized carbons (Fsp3) is 0.500. The van der Waals surface area contributed by atoms with E-state index in [0.29, 0.717) is 5.92 Å². The van der Waals surface area contributed by atoms with Gasteiger partial charge in [0, 0.05) is 16.7 Å². The Morgan fingerprint density at radius 2 is 2.25 bits per heavy atom. The lowest BCUT2D eigenvalue weighted by atomic mass is 9.96. The zero-order valence-electron chi connectivity index (χ0n) is 9.36. The second kappa shape index (κ2) is 4.79. The normalized spacial score (nSPS) is 25.8. The Morgan fingerprint density at radius 3 is 2.88 bits per heavy atom. The van der Waals surface area contributed by atoms with Crippen molar-refractivity contribution in [2.45, 2.75) is 19.4 Å². The van der Waals surface area contributed by atoms with Crippen LogP contribution in [-0.4, -0.2) is 24.3 Å². The number of aliphatic hydroxyl groups is 1. The van der Waals surface area contributed by atoms with Crippen LogP contribution in [0.1, 0.15) is 13.3 Å². The maximum Gasteiger partial charge on any atom is 0.0600 e. The Morgan fingerprint density at radius 1 is 1.50 bits per heavy atom. The molecule has 16 heavy (non-hydrogen) atoms. The van der Waals surface area contributed by atoms with Gasteiger partial charge in [-0.15, -0.1) is 0 Å². The fourth-order valence-corrected chi connectivity index (χ4v) is 2.68. The molecule has 1 saturated heterocycles. The van der Waals surface area contributed by atoms with Crippen LogP contribution in [0.5, 0.6) is 0 Å². The molecule has 0 radical (unpaired) electrons. The summed E-state index contributed by atoms with van der Waals surface area (Å²) in [6, 6.07) is 6.13. The molecule has 0 spiro atoms. The Balaban J connectivity index is 2.18. The van der Waals surface area contributed by atoms with Gasteiger partial charge in [0.1, 0.15) is 0 Å². The second-order valence-electron chi connectivity index (χ2n) is 4.48. The second-order valence-corrected chi connectivity index (χ2v) is 5.73. The SMILES string of the molecule is CC1CN(c2ccc(I)cc2N)CCC1O. The van der Waals surface area contributed by atoms with Crippen molar-refractivity contribution in [2.75, 3.05) is 23.7 Å². The summed E-state index contributed by atoms with van der Waals surface area (Å²) in [4.78, 5) is 2.27. The van der Waals surface area contributed by atoms with Crippen LogP contribution >= 0.6 is 22.6 Å². The van der Waals surface area contributed by atoms with Gasteiger partial charge in [-0.25, -0.2) is 0 Å². The smallest absolute Gasteiger partial charge is 0.0600 e. The number of hydrogen-bond donors (Lipinski definition) is 2. The molecule has 1 aliphatic rings. The molecule has 1 aliphatic heterocycles. The minimum atomic E-state index is -0.165. The van der Waals surface area contributed by atoms with E-state index in [9.17, 15) is 5.11 Å². The Hall–Kier alpha value is -0.490. The quantitative estimate of drug-likeness (QED) is 0.612. The predicted octanol–water partition coefficient (Wildman–Crippen LogP) is 2.08. The van der Waals surface area contributed by atoms with Gasteiger partial charge < -0.3 is 15.7 Å². The molecule has 0 amide bonds. The number of nitrogens with two attached hydrogens (primary N) is 1. The monoisotopic (exact) mass is 332 g/mol. The summed E-state index contributed by atoms with van der Waals surface area (Å²) in [6.07, 6.45) is 0.661. The maximum atomic E-state index is 9.70. The van der Waals surface area contributed by atoms with Crippen LogP contribution < -0.4 is 10.6 Å². The highest BCUT2D eigenvalue weighted by molar-refractivity contribution is 14.1. The van der Waals surface area contributed by atoms with Crippen molar-refractivity contribution >= 4 is 34.0 Å². The molecule has 2 unspecified atom stereocenters. The molecular weight excluding hydrogens is 315 g/mol. The minimum absolute atomic E-state index is 0.165. The van der Waals surface area contributed by atoms with Gasteiger partial charge in [-0.3, -0.25) is 0 Å². The zero-order chi connectivity index (χ0) is 11.7. The Labute approximate surface area is 110 Å². The Kier molecular flexibility index (Phi) is 3.59. The van der Waals surface area contributed by atoms with E-state index in [1.807, 2.05) is 6.07 Å². The molecular formula is C12H17IN2O. The van der Waals surface area contributed by atoms with Crippen molar-refractivity contribution in [2.24, 2.45) is 5.92 Å². The van der Waals surface area contributed by atoms with Crippen molar-refractivity contribution < 1.29 is 5.11 Å². The van der Waals surface area contributed by atoms with Crippen LogP contribution in [0.2, 0.25) is 0 Å². The largest absolute Gasteiger partial charge is 0.397 e. The number of anilines is 2. The molecule has 88 valence electrons. The fourth-order valence-electron chi connectivity index (χ4n) is 2.17. The number of piperidine rings is 1. The highest BCUT2D eigenvalue weighted by Gasteiger charge is 2.25. The van der Waals surface area contributed by atoms with Crippen molar-refractivity contribution in [1.29, 1.82) is 0 Å². The minimum Gasteiger partial charge on any atom is -0.397 e. The molecule has 2 atom stereocenters. The van der Waals surface area contributed by atoms with E-state index >= 15 is 0 Å². The maximum absolute atomic E-state index is 9.70. The first-order chi connectivity index (χ1) is 7.58. The van der Waals surface area contributed by atoms with E-state index in [4.69, 9.17) is 5.73 Å². The number of nitrogen functional groups attached to an aromatic ring is 1. The highest BCUT2D eigenvalue weighted by Crippen LogP contribution is 2.29. The molecule has 3 nitrogen and oxygen atoms in total. The van der Waals surface area contributed by atoms with E-state index in [1.54, 1.807) is 0 Å². The standard InChI is InChI=1S/C12H17IN2O/c1-8-7-15(5-4-12(8)16)11-3-2-9(13)6-10(11)14/h2-3,6,8,12,16H,4-5,7,14H2,1H3. The summed E-state index contributed by atoms with van der Waals surface area (Å²) in [5, 5.41) is 9.70. The van der Waals surface area contributed by atoms with E-state index in [2.05, 4.69) is 46.5 Å². The molecule has 0 aliphatic carbocycles. The predicted molar refractivity (Wildman–Crippen MR) is 75.6 cm³/mol. The van der Waals surface area contributed by atoms with Crippen molar-refractivity contribution in [3.05, 3.63) is 21.8 Å². The molecule has 3 N–H and O–H groups in total. The van der Waals surface area contributed by atoms with Crippen LogP contribution in [0, 0.1) is 9.49 Å². The molecule has 1 heterocycles. The van der Waals surface area contributed by atoms with Crippen molar-refractivity contribution in [3.8, 4) is 0 Å². The average molecular weight is 332 g/mol. The summed E-state index contributed by atoms with van der Waals surface area (Å²) in [5.74, 6) is 0.312. The lowest BCUT2D eigenvalue weighted by molar-refractivity contribution is 0.0971. The first-order valence-electron chi connectivity index (χ1n) is 5.56. The van der Waals surface area contributed by atoms with Crippen molar-refractivity contribution in [3.63, 3.8) is 0 Å². The van der Waals surface area contributed by atoms with Crippen LogP contribution in [0.4, 0.5) is 11.4 Å². The number of rotatable bonds is 1. The molecule has 2 rings (SSSR count). The van der Waals surface area contributed by atoms with Crippen LogP contribution in [0.15, 0.2) is 18.2 Å².